The Labute approximate surface area is 187 Å². The number of halogens is 1. The first-order valence-electron chi connectivity index (χ1n) is 9.14. The van der Waals surface area contributed by atoms with Gasteiger partial charge in [-0.3, -0.25) is 0 Å². The molecule has 4 rings (SSSR count). The lowest BCUT2D eigenvalue weighted by atomic mass is 10.1. The van der Waals surface area contributed by atoms with Gasteiger partial charge in [0.25, 0.3) is 0 Å². The molecule has 0 aliphatic carbocycles. The highest BCUT2D eigenvalue weighted by molar-refractivity contribution is 9.10. The van der Waals surface area contributed by atoms with E-state index in [0.29, 0.717) is 11.3 Å². The molecule has 0 unspecified atom stereocenters. The molecule has 1 heterocycles. The SMILES string of the molecule is Cc1ccc(S(=O)(=O)c2nnn(-c3ccc(C(=O)O)cc3)c2-c2ccc(Br)cc2)cc1. The highest BCUT2D eigenvalue weighted by Gasteiger charge is 2.29. The Kier molecular flexibility index (Phi) is 5.47. The van der Waals surface area contributed by atoms with Crippen molar-refractivity contribution in [2.45, 2.75) is 16.8 Å². The van der Waals surface area contributed by atoms with E-state index in [1.165, 1.54) is 28.9 Å². The zero-order chi connectivity index (χ0) is 22.2. The summed E-state index contributed by atoms with van der Waals surface area (Å²) >= 11 is 3.38. The topological polar surface area (TPSA) is 102 Å². The maximum atomic E-state index is 13.4. The highest BCUT2D eigenvalue weighted by atomic mass is 79.9. The van der Waals surface area contributed by atoms with E-state index in [9.17, 15) is 13.2 Å². The molecular formula is C22H16BrN3O4S. The van der Waals surface area contributed by atoms with Crippen molar-refractivity contribution in [2.24, 2.45) is 0 Å². The second-order valence-electron chi connectivity index (χ2n) is 6.83. The van der Waals surface area contributed by atoms with E-state index in [-0.39, 0.29) is 21.2 Å². The molecule has 0 saturated heterocycles. The lowest BCUT2D eigenvalue weighted by molar-refractivity contribution is 0.0697. The number of hydrogen-bond acceptors (Lipinski definition) is 5. The Balaban J connectivity index is 1.93. The average Bonchev–Trinajstić information content (AvgIpc) is 3.21. The number of sulfone groups is 1. The third-order valence-electron chi connectivity index (χ3n) is 4.70. The summed E-state index contributed by atoms with van der Waals surface area (Å²) in [5.74, 6) is -1.05. The monoisotopic (exact) mass is 497 g/mol. The van der Waals surface area contributed by atoms with Gasteiger partial charge in [-0.05, 0) is 55.5 Å². The fourth-order valence-electron chi connectivity index (χ4n) is 3.06. The van der Waals surface area contributed by atoms with E-state index in [1.54, 1.807) is 48.5 Å². The minimum absolute atomic E-state index is 0.113. The molecule has 0 bridgehead atoms. The van der Waals surface area contributed by atoms with Gasteiger partial charge in [0.1, 0.15) is 5.69 Å². The van der Waals surface area contributed by atoms with Gasteiger partial charge in [-0.25, -0.2) is 17.9 Å². The molecule has 156 valence electrons. The molecule has 7 nitrogen and oxygen atoms in total. The summed E-state index contributed by atoms with van der Waals surface area (Å²) in [4.78, 5) is 11.3. The summed E-state index contributed by atoms with van der Waals surface area (Å²) in [5.41, 5.74) is 2.42. The summed E-state index contributed by atoms with van der Waals surface area (Å²) in [6, 6.07) is 19.6. The molecule has 0 atom stereocenters. The standard InChI is InChI=1S/C22H16BrN3O4S/c1-14-2-12-19(13-3-14)31(29,30)21-20(15-4-8-17(23)9-5-15)26(25-24-21)18-10-6-16(7-11-18)22(27)28/h2-13H,1H3,(H,27,28). The minimum Gasteiger partial charge on any atom is -0.478 e. The van der Waals surface area contributed by atoms with E-state index in [1.807, 2.05) is 6.92 Å². The number of aromatic nitrogens is 3. The Morgan fingerprint density at radius 3 is 2.13 bits per heavy atom. The summed E-state index contributed by atoms with van der Waals surface area (Å²) in [6.07, 6.45) is 0. The zero-order valence-corrected chi connectivity index (χ0v) is 18.6. The molecule has 3 aromatic carbocycles. The average molecular weight is 498 g/mol. The molecule has 0 fully saturated rings. The van der Waals surface area contributed by atoms with Crippen LogP contribution in [0, 0.1) is 6.92 Å². The molecule has 4 aromatic rings. The van der Waals surface area contributed by atoms with Gasteiger partial charge in [-0.15, -0.1) is 5.10 Å². The van der Waals surface area contributed by atoms with Crippen molar-refractivity contribution in [2.75, 3.05) is 0 Å². The van der Waals surface area contributed by atoms with Gasteiger partial charge >= 0.3 is 5.97 Å². The van der Waals surface area contributed by atoms with Gasteiger partial charge in [-0.1, -0.05) is 51.0 Å². The molecule has 0 spiro atoms. The lowest BCUT2D eigenvalue weighted by Crippen LogP contribution is -2.06. The fraction of sp³-hybridized carbons (Fsp3) is 0.0455. The Morgan fingerprint density at radius 1 is 0.935 bits per heavy atom. The van der Waals surface area contributed by atoms with Crippen molar-refractivity contribution in [1.29, 1.82) is 0 Å². The predicted molar refractivity (Wildman–Crippen MR) is 118 cm³/mol. The summed E-state index contributed by atoms with van der Waals surface area (Å²) in [6.45, 7) is 1.88. The van der Waals surface area contributed by atoms with Gasteiger partial charge in [0.05, 0.1) is 16.1 Å². The predicted octanol–water partition coefficient (Wildman–Crippen LogP) is 4.54. The van der Waals surface area contributed by atoms with Crippen LogP contribution >= 0.6 is 15.9 Å². The van der Waals surface area contributed by atoms with Crippen molar-refractivity contribution < 1.29 is 18.3 Å². The van der Waals surface area contributed by atoms with Crippen LogP contribution in [0.5, 0.6) is 0 Å². The smallest absolute Gasteiger partial charge is 0.335 e. The van der Waals surface area contributed by atoms with Crippen LogP contribution in [0.3, 0.4) is 0 Å². The molecule has 0 aliphatic rings. The van der Waals surface area contributed by atoms with Gasteiger partial charge in [0, 0.05) is 10.0 Å². The first-order chi connectivity index (χ1) is 14.8. The van der Waals surface area contributed by atoms with Crippen molar-refractivity contribution in [3.05, 3.63) is 88.4 Å². The molecular weight excluding hydrogens is 482 g/mol. The molecule has 0 saturated carbocycles. The van der Waals surface area contributed by atoms with Gasteiger partial charge < -0.3 is 5.11 Å². The molecule has 0 radical (unpaired) electrons. The fourth-order valence-corrected chi connectivity index (χ4v) is 4.64. The Hall–Kier alpha value is -3.30. The van der Waals surface area contributed by atoms with Crippen LogP contribution in [0.1, 0.15) is 15.9 Å². The van der Waals surface area contributed by atoms with Crippen molar-refractivity contribution in [1.82, 2.24) is 15.0 Å². The molecule has 1 aromatic heterocycles. The first kappa shape index (κ1) is 21.0. The van der Waals surface area contributed by atoms with Crippen LogP contribution in [-0.2, 0) is 9.84 Å². The number of hydrogen-bond donors (Lipinski definition) is 1. The van der Waals surface area contributed by atoms with Gasteiger partial charge in [-0.2, -0.15) is 0 Å². The van der Waals surface area contributed by atoms with Crippen LogP contribution < -0.4 is 0 Å². The van der Waals surface area contributed by atoms with Crippen molar-refractivity contribution in [3.8, 4) is 16.9 Å². The Bertz CT molecular complexity index is 1360. The minimum atomic E-state index is -3.95. The maximum Gasteiger partial charge on any atom is 0.335 e. The van der Waals surface area contributed by atoms with E-state index in [4.69, 9.17) is 5.11 Å². The van der Waals surface area contributed by atoms with E-state index < -0.39 is 15.8 Å². The third kappa shape index (κ3) is 4.01. The second-order valence-corrected chi connectivity index (χ2v) is 9.61. The van der Waals surface area contributed by atoms with E-state index in [0.717, 1.165) is 10.0 Å². The van der Waals surface area contributed by atoms with Crippen LogP contribution in [0.2, 0.25) is 0 Å². The number of carboxylic acids is 1. The number of rotatable bonds is 5. The van der Waals surface area contributed by atoms with Crippen LogP contribution in [0.25, 0.3) is 16.9 Å². The van der Waals surface area contributed by atoms with Gasteiger partial charge in [0.15, 0.2) is 0 Å². The quantitative estimate of drug-likeness (QED) is 0.434. The number of aryl methyl sites for hydroxylation is 1. The Morgan fingerprint density at radius 2 is 1.55 bits per heavy atom. The molecule has 9 heteroatoms. The van der Waals surface area contributed by atoms with Crippen LogP contribution in [0.4, 0.5) is 0 Å². The van der Waals surface area contributed by atoms with Gasteiger partial charge in [0.2, 0.25) is 14.9 Å². The van der Waals surface area contributed by atoms with Crippen molar-refractivity contribution in [3.63, 3.8) is 0 Å². The lowest BCUT2D eigenvalue weighted by Gasteiger charge is -2.10. The summed E-state index contributed by atoms with van der Waals surface area (Å²) in [5, 5.41) is 17.1. The summed E-state index contributed by atoms with van der Waals surface area (Å²) in [7, 11) is -3.95. The third-order valence-corrected chi connectivity index (χ3v) is 6.91. The molecule has 0 aliphatic heterocycles. The number of carboxylic acid groups (broad SMARTS) is 1. The van der Waals surface area contributed by atoms with Crippen molar-refractivity contribution >= 4 is 31.7 Å². The molecule has 31 heavy (non-hydrogen) atoms. The highest BCUT2D eigenvalue weighted by Crippen LogP contribution is 2.32. The normalized spacial score (nSPS) is 11.4. The van der Waals surface area contributed by atoms with E-state index >= 15 is 0 Å². The number of aromatic carboxylic acids is 1. The molecule has 0 amide bonds. The maximum absolute atomic E-state index is 13.4. The molecule has 1 N–H and O–H groups in total. The second kappa shape index (κ2) is 8.09. The van der Waals surface area contributed by atoms with E-state index in [2.05, 4.69) is 26.2 Å². The number of benzene rings is 3. The van der Waals surface area contributed by atoms with Crippen LogP contribution in [0.15, 0.2) is 87.2 Å². The summed E-state index contributed by atoms with van der Waals surface area (Å²) < 4.78 is 29.0. The first-order valence-corrected chi connectivity index (χ1v) is 11.4. The number of nitrogens with zero attached hydrogens (tertiary/aromatic N) is 3. The largest absolute Gasteiger partial charge is 0.478 e. The van der Waals surface area contributed by atoms with Crippen LogP contribution in [-0.4, -0.2) is 34.5 Å². The zero-order valence-electron chi connectivity index (χ0n) is 16.2. The number of carbonyl (C=O) groups is 1.